The second kappa shape index (κ2) is 5.15. The van der Waals surface area contributed by atoms with Crippen LogP contribution < -0.4 is 4.74 Å². The fourth-order valence-corrected chi connectivity index (χ4v) is 1.66. The topological polar surface area (TPSA) is 22.1 Å². The predicted octanol–water partition coefficient (Wildman–Crippen LogP) is 4.06. The molecule has 2 aromatic rings. The normalized spacial score (nSPS) is 10.3. The summed E-state index contributed by atoms with van der Waals surface area (Å²) < 4.78 is 18.7. The molecule has 1 aromatic heterocycles. The first-order chi connectivity index (χ1) is 8.20. The maximum atomic E-state index is 13.0. The van der Waals surface area contributed by atoms with E-state index in [9.17, 15) is 4.39 Å². The molecule has 0 aliphatic rings. The van der Waals surface area contributed by atoms with Gasteiger partial charge >= 0.3 is 0 Å². The summed E-state index contributed by atoms with van der Waals surface area (Å²) in [5, 5.41) is 0. The summed E-state index contributed by atoms with van der Waals surface area (Å²) in [6.07, 6.45) is 1.69. The van der Waals surface area contributed by atoms with Crippen LogP contribution in [0.3, 0.4) is 0 Å². The average molecular weight is 252 g/mol. The largest absolute Gasteiger partial charge is 0.455 e. The van der Waals surface area contributed by atoms with Crippen LogP contribution in [0.1, 0.15) is 11.3 Å². The first-order valence-electron chi connectivity index (χ1n) is 5.14. The summed E-state index contributed by atoms with van der Waals surface area (Å²) in [6, 6.07) is 7.88. The first-order valence-corrected chi connectivity index (χ1v) is 5.68. The zero-order chi connectivity index (χ0) is 12.3. The van der Waals surface area contributed by atoms with Crippen molar-refractivity contribution in [3.63, 3.8) is 0 Å². The Morgan fingerprint density at radius 1 is 1.29 bits per heavy atom. The van der Waals surface area contributed by atoms with Crippen LogP contribution in [0.2, 0.25) is 0 Å². The first kappa shape index (κ1) is 11.9. The van der Waals surface area contributed by atoms with Gasteiger partial charge in [-0.3, -0.25) is 4.98 Å². The van der Waals surface area contributed by atoms with E-state index in [1.165, 1.54) is 12.1 Å². The lowest BCUT2D eigenvalue weighted by Gasteiger charge is -2.10. The molecule has 1 aromatic carbocycles. The van der Waals surface area contributed by atoms with Gasteiger partial charge < -0.3 is 4.74 Å². The van der Waals surface area contributed by atoms with Crippen molar-refractivity contribution in [3.8, 4) is 11.5 Å². The number of halogens is 2. The molecule has 2 nitrogen and oxygen atoms in total. The summed E-state index contributed by atoms with van der Waals surface area (Å²) in [7, 11) is 0. The van der Waals surface area contributed by atoms with Gasteiger partial charge in [0.1, 0.15) is 17.3 Å². The lowest BCUT2D eigenvalue weighted by molar-refractivity contribution is 0.469. The highest BCUT2D eigenvalue weighted by Gasteiger charge is 2.07. The van der Waals surface area contributed by atoms with Crippen LogP contribution in [0.5, 0.6) is 11.5 Å². The Labute approximate surface area is 104 Å². The molecule has 0 amide bonds. The molecule has 0 spiro atoms. The van der Waals surface area contributed by atoms with Gasteiger partial charge in [-0.2, -0.15) is 0 Å². The Balaban J connectivity index is 2.33. The summed E-state index contributed by atoms with van der Waals surface area (Å²) >= 11 is 5.75. The Hall–Kier alpha value is -1.61. The fourth-order valence-electron chi connectivity index (χ4n) is 1.45. The molecule has 1 heterocycles. The molecular formula is C13H11ClFNO. The maximum Gasteiger partial charge on any atom is 0.148 e. The molecule has 0 atom stereocenters. The quantitative estimate of drug-likeness (QED) is 0.768. The number of aromatic nitrogens is 1. The van der Waals surface area contributed by atoms with Crippen molar-refractivity contribution in [2.75, 3.05) is 0 Å². The molecule has 2 rings (SSSR count). The van der Waals surface area contributed by atoms with E-state index in [0.29, 0.717) is 17.1 Å². The number of nitrogens with zero attached hydrogens (tertiary/aromatic N) is 1. The Morgan fingerprint density at radius 3 is 2.82 bits per heavy atom. The Bertz CT molecular complexity index is 531. The third-order valence-corrected chi connectivity index (χ3v) is 2.63. The van der Waals surface area contributed by atoms with Gasteiger partial charge in [0.15, 0.2) is 0 Å². The van der Waals surface area contributed by atoms with E-state index in [0.717, 1.165) is 5.69 Å². The molecule has 0 saturated carbocycles. The van der Waals surface area contributed by atoms with Crippen LogP contribution in [0.25, 0.3) is 0 Å². The molecule has 0 radical (unpaired) electrons. The molecule has 0 aliphatic heterocycles. The van der Waals surface area contributed by atoms with Crippen LogP contribution in [-0.4, -0.2) is 4.98 Å². The van der Waals surface area contributed by atoms with Gasteiger partial charge in [-0.05, 0) is 37.3 Å². The van der Waals surface area contributed by atoms with Gasteiger partial charge in [0.2, 0.25) is 0 Å². The lowest BCUT2D eigenvalue weighted by Crippen LogP contribution is -1.93. The van der Waals surface area contributed by atoms with Crippen LogP contribution in [0.15, 0.2) is 36.5 Å². The van der Waals surface area contributed by atoms with E-state index in [4.69, 9.17) is 16.3 Å². The van der Waals surface area contributed by atoms with Gasteiger partial charge in [0.05, 0.1) is 11.6 Å². The molecule has 0 fully saturated rings. The van der Waals surface area contributed by atoms with Gasteiger partial charge in [-0.1, -0.05) is 0 Å². The number of alkyl halides is 1. The van der Waals surface area contributed by atoms with Gasteiger partial charge in [-0.15, -0.1) is 11.6 Å². The van der Waals surface area contributed by atoms with Crippen molar-refractivity contribution >= 4 is 11.6 Å². The van der Waals surface area contributed by atoms with Crippen molar-refractivity contribution in [1.29, 1.82) is 0 Å². The number of hydrogen-bond acceptors (Lipinski definition) is 2. The second-order valence-corrected chi connectivity index (χ2v) is 3.84. The van der Waals surface area contributed by atoms with E-state index < -0.39 is 0 Å². The van der Waals surface area contributed by atoms with E-state index in [1.54, 1.807) is 18.3 Å². The summed E-state index contributed by atoms with van der Waals surface area (Å²) in [6.45, 7) is 1.85. The third-order valence-electron chi connectivity index (χ3n) is 2.34. The van der Waals surface area contributed by atoms with E-state index in [2.05, 4.69) is 4.98 Å². The minimum atomic E-state index is -0.323. The summed E-state index contributed by atoms with van der Waals surface area (Å²) in [4.78, 5) is 4.12. The van der Waals surface area contributed by atoms with Crippen molar-refractivity contribution in [1.82, 2.24) is 4.98 Å². The van der Waals surface area contributed by atoms with E-state index in [1.807, 2.05) is 13.0 Å². The highest BCUT2D eigenvalue weighted by molar-refractivity contribution is 6.17. The highest BCUT2D eigenvalue weighted by Crippen LogP contribution is 2.28. The standard InChI is InChI=1S/C13H11ClFNO/c1-9-12(3-2-6-16-9)17-13-5-4-11(15)7-10(13)8-14/h2-7H,8H2,1H3. The second-order valence-electron chi connectivity index (χ2n) is 3.57. The van der Waals surface area contributed by atoms with Crippen molar-refractivity contribution in [3.05, 3.63) is 53.6 Å². The molecule has 88 valence electrons. The zero-order valence-corrected chi connectivity index (χ0v) is 10.0. The fraction of sp³-hybridized carbons (Fsp3) is 0.154. The molecule has 0 N–H and O–H groups in total. The number of benzene rings is 1. The van der Waals surface area contributed by atoms with Crippen LogP contribution in [0.4, 0.5) is 4.39 Å². The molecule has 0 aliphatic carbocycles. The lowest BCUT2D eigenvalue weighted by atomic mass is 10.2. The van der Waals surface area contributed by atoms with E-state index in [-0.39, 0.29) is 11.7 Å². The molecule has 0 saturated heterocycles. The van der Waals surface area contributed by atoms with E-state index >= 15 is 0 Å². The summed E-state index contributed by atoms with van der Waals surface area (Å²) in [5.41, 5.74) is 1.40. The van der Waals surface area contributed by atoms with Crippen molar-refractivity contribution in [2.24, 2.45) is 0 Å². The molecule has 0 unspecified atom stereocenters. The molecule has 17 heavy (non-hydrogen) atoms. The molecule has 0 bridgehead atoms. The van der Waals surface area contributed by atoms with Crippen LogP contribution in [-0.2, 0) is 5.88 Å². The smallest absolute Gasteiger partial charge is 0.148 e. The van der Waals surface area contributed by atoms with Crippen LogP contribution >= 0.6 is 11.6 Å². The monoisotopic (exact) mass is 251 g/mol. The minimum absolute atomic E-state index is 0.201. The Kier molecular flexibility index (Phi) is 3.59. The maximum absolute atomic E-state index is 13.0. The van der Waals surface area contributed by atoms with Crippen LogP contribution in [0, 0.1) is 12.7 Å². The summed E-state index contributed by atoms with van der Waals surface area (Å²) in [5.74, 6) is 1.07. The zero-order valence-electron chi connectivity index (χ0n) is 9.28. The average Bonchev–Trinajstić information content (AvgIpc) is 2.34. The number of hydrogen-bond donors (Lipinski definition) is 0. The number of rotatable bonds is 3. The van der Waals surface area contributed by atoms with Gasteiger partial charge in [0, 0.05) is 11.8 Å². The number of pyridine rings is 1. The number of ether oxygens (including phenoxy) is 1. The highest BCUT2D eigenvalue weighted by atomic mass is 35.5. The SMILES string of the molecule is Cc1ncccc1Oc1ccc(F)cc1CCl. The molecule has 4 heteroatoms. The third kappa shape index (κ3) is 2.74. The Morgan fingerprint density at radius 2 is 2.12 bits per heavy atom. The predicted molar refractivity (Wildman–Crippen MR) is 65.0 cm³/mol. The van der Waals surface area contributed by atoms with Gasteiger partial charge in [0.25, 0.3) is 0 Å². The van der Waals surface area contributed by atoms with Crippen molar-refractivity contribution in [2.45, 2.75) is 12.8 Å². The van der Waals surface area contributed by atoms with Crippen molar-refractivity contribution < 1.29 is 9.13 Å². The number of aryl methyl sites for hydroxylation is 1. The van der Waals surface area contributed by atoms with Gasteiger partial charge in [-0.25, -0.2) is 4.39 Å². The minimum Gasteiger partial charge on any atom is -0.455 e. The molecular weight excluding hydrogens is 241 g/mol.